The molecular weight excluding hydrogens is 552 g/mol. The molecule has 0 aliphatic carbocycles. The maximum Gasteiger partial charge on any atom is 0.145 e. The molecule has 0 N–H and O–H groups in total. The number of hydrogen-bond donors (Lipinski definition) is 0. The van der Waals surface area contributed by atoms with Crippen molar-refractivity contribution in [2.24, 2.45) is 0 Å². The van der Waals surface area contributed by atoms with Gasteiger partial charge in [-0.3, -0.25) is 13.7 Å². The molecule has 0 aliphatic rings. The van der Waals surface area contributed by atoms with Crippen molar-refractivity contribution in [1.82, 2.24) is 28.7 Å². The summed E-state index contributed by atoms with van der Waals surface area (Å²) in [6, 6.07) is 50.4. The zero-order valence-corrected chi connectivity index (χ0v) is 24.2. The highest BCUT2D eigenvalue weighted by molar-refractivity contribution is 5.90. The van der Waals surface area contributed by atoms with Gasteiger partial charge in [-0.15, -0.1) is 0 Å². The topological polar surface area (TPSA) is 53.5 Å². The highest BCUT2D eigenvalue weighted by Crippen LogP contribution is 2.38. The Hall–Kier alpha value is -6.27. The Kier molecular flexibility index (Phi) is 5.71. The summed E-state index contributed by atoms with van der Waals surface area (Å²) < 4.78 is 6.62. The van der Waals surface area contributed by atoms with Crippen LogP contribution in [0.2, 0.25) is 0 Å². The molecule has 0 unspecified atom stereocenters. The van der Waals surface area contributed by atoms with Crippen LogP contribution in [0.3, 0.4) is 0 Å². The van der Waals surface area contributed by atoms with E-state index in [1.807, 2.05) is 43.0 Å². The zero-order chi connectivity index (χ0) is 29.7. The molecule has 0 radical (unpaired) electrons. The van der Waals surface area contributed by atoms with E-state index < -0.39 is 0 Å². The highest BCUT2D eigenvalue weighted by atomic mass is 15.1. The predicted molar refractivity (Wildman–Crippen MR) is 181 cm³/mol. The molecule has 0 atom stereocenters. The second-order valence-electron chi connectivity index (χ2n) is 11.1. The molecule has 0 saturated carbocycles. The number of benzene rings is 6. The van der Waals surface area contributed by atoms with Gasteiger partial charge in [-0.25, -0.2) is 15.0 Å². The van der Waals surface area contributed by atoms with Crippen LogP contribution in [0, 0.1) is 0 Å². The predicted octanol–water partition coefficient (Wildman–Crippen LogP) is 9.04. The second kappa shape index (κ2) is 10.2. The molecule has 6 heteroatoms. The number of fused-ring (bicyclic) bond motifs is 3. The van der Waals surface area contributed by atoms with Crippen LogP contribution in [0.1, 0.15) is 0 Å². The van der Waals surface area contributed by atoms with E-state index in [-0.39, 0.29) is 0 Å². The normalized spacial score (nSPS) is 11.6. The van der Waals surface area contributed by atoms with Crippen LogP contribution >= 0.6 is 0 Å². The first-order valence-corrected chi connectivity index (χ1v) is 15.0. The van der Waals surface area contributed by atoms with Crippen molar-refractivity contribution in [3.05, 3.63) is 158 Å². The van der Waals surface area contributed by atoms with E-state index in [1.165, 1.54) is 0 Å². The van der Waals surface area contributed by atoms with Gasteiger partial charge < -0.3 is 0 Å². The lowest BCUT2D eigenvalue weighted by atomic mass is 9.99. The minimum atomic E-state index is 0.899. The van der Waals surface area contributed by atoms with Gasteiger partial charge in [0.2, 0.25) is 0 Å². The lowest BCUT2D eigenvalue weighted by Crippen LogP contribution is -2.03. The summed E-state index contributed by atoms with van der Waals surface area (Å²) >= 11 is 0. The Morgan fingerprint density at radius 3 is 1.80 bits per heavy atom. The summed E-state index contributed by atoms with van der Waals surface area (Å²) in [4.78, 5) is 14.6. The van der Waals surface area contributed by atoms with Gasteiger partial charge in [0.05, 0.1) is 44.5 Å². The molecule has 9 aromatic rings. The number of nitrogens with zero attached hydrogens (tertiary/aromatic N) is 6. The van der Waals surface area contributed by atoms with Crippen molar-refractivity contribution in [1.29, 1.82) is 0 Å². The molecule has 3 heterocycles. The van der Waals surface area contributed by atoms with E-state index in [4.69, 9.17) is 9.97 Å². The maximum atomic E-state index is 5.14. The number of aromatic nitrogens is 6. The van der Waals surface area contributed by atoms with E-state index in [9.17, 15) is 0 Å². The van der Waals surface area contributed by atoms with Crippen molar-refractivity contribution in [2.75, 3.05) is 0 Å². The standard InChI is InChI=1S/C39H26N6/c1-2-12-27(13-3-1)39-42-33-17-7-11-21-38(33)45(39)35-18-8-4-14-29(35)30-24-28(43-25-40-31-15-5-9-19-36(31)43)22-23-34(30)44-26-41-32-16-6-10-20-37(32)44/h1-26H. The summed E-state index contributed by atoms with van der Waals surface area (Å²) in [5.74, 6) is 0.899. The number of para-hydroxylation sites is 7. The fourth-order valence-corrected chi connectivity index (χ4v) is 6.36. The van der Waals surface area contributed by atoms with Gasteiger partial charge in [0, 0.05) is 22.4 Å². The van der Waals surface area contributed by atoms with Gasteiger partial charge in [-0.1, -0.05) is 84.9 Å². The van der Waals surface area contributed by atoms with Crippen LogP contribution in [-0.2, 0) is 0 Å². The quantitative estimate of drug-likeness (QED) is 0.205. The minimum Gasteiger partial charge on any atom is -0.299 e. The van der Waals surface area contributed by atoms with E-state index in [0.29, 0.717) is 0 Å². The fourth-order valence-electron chi connectivity index (χ4n) is 6.36. The zero-order valence-electron chi connectivity index (χ0n) is 24.2. The molecule has 0 saturated heterocycles. The van der Waals surface area contributed by atoms with Crippen LogP contribution in [-0.4, -0.2) is 28.7 Å². The van der Waals surface area contributed by atoms with Crippen molar-refractivity contribution >= 4 is 33.1 Å². The van der Waals surface area contributed by atoms with Crippen molar-refractivity contribution < 1.29 is 0 Å². The monoisotopic (exact) mass is 578 g/mol. The minimum absolute atomic E-state index is 0.899. The van der Waals surface area contributed by atoms with E-state index in [0.717, 1.165) is 72.7 Å². The number of rotatable bonds is 5. The summed E-state index contributed by atoms with van der Waals surface area (Å²) in [7, 11) is 0. The van der Waals surface area contributed by atoms with E-state index in [1.54, 1.807) is 0 Å². The van der Waals surface area contributed by atoms with Gasteiger partial charge in [-0.2, -0.15) is 0 Å². The van der Waals surface area contributed by atoms with Crippen molar-refractivity contribution in [3.8, 4) is 39.6 Å². The van der Waals surface area contributed by atoms with Crippen molar-refractivity contribution in [2.45, 2.75) is 0 Å². The van der Waals surface area contributed by atoms with Crippen LogP contribution in [0.4, 0.5) is 0 Å². The average molecular weight is 579 g/mol. The molecule has 3 aromatic heterocycles. The lowest BCUT2D eigenvalue weighted by Gasteiger charge is -2.19. The molecule has 0 spiro atoms. The van der Waals surface area contributed by atoms with E-state index in [2.05, 4.69) is 134 Å². The Morgan fingerprint density at radius 1 is 0.422 bits per heavy atom. The SMILES string of the molecule is c1ccc(-c2nc3ccccc3n2-c2ccccc2-c2cc(-n3cnc4ccccc43)ccc2-n2cnc3ccccc32)cc1. The van der Waals surface area contributed by atoms with Gasteiger partial charge in [-0.05, 0) is 60.7 Å². The highest BCUT2D eigenvalue weighted by Gasteiger charge is 2.20. The third-order valence-electron chi connectivity index (χ3n) is 8.45. The Bertz CT molecular complexity index is 2500. The summed E-state index contributed by atoms with van der Waals surface area (Å²) in [5, 5.41) is 0. The molecule has 212 valence electrons. The molecule has 45 heavy (non-hydrogen) atoms. The van der Waals surface area contributed by atoms with Gasteiger partial charge >= 0.3 is 0 Å². The Balaban J connectivity index is 1.35. The third-order valence-corrected chi connectivity index (χ3v) is 8.45. The van der Waals surface area contributed by atoms with Crippen LogP contribution in [0.25, 0.3) is 72.7 Å². The first kappa shape index (κ1) is 25.2. The smallest absolute Gasteiger partial charge is 0.145 e. The fraction of sp³-hybridized carbons (Fsp3) is 0. The van der Waals surface area contributed by atoms with Gasteiger partial charge in [0.1, 0.15) is 18.5 Å². The average Bonchev–Trinajstić information content (AvgIpc) is 3.84. The molecule has 6 aromatic carbocycles. The molecule has 9 rings (SSSR count). The second-order valence-corrected chi connectivity index (χ2v) is 11.1. The summed E-state index contributed by atoms with van der Waals surface area (Å²) in [5.41, 5.74) is 12.3. The third kappa shape index (κ3) is 4.07. The largest absolute Gasteiger partial charge is 0.299 e. The summed E-state index contributed by atoms with van der Waals surface area (Å²) in [6.07, 6.45) is 3.82. The first-order valence-electron chi connectivity index (χ1n) is 15.0. The Morgan fingerprint density at radius 2 is 1.02 bits per heavy atom. The first-order chi connectivity index (χ1) is 22.3. The Labute approximate surface area is 259 Å². The lowest BCUT2D eigenvalue weighted by molar-refractivity contribution is 1.06. The van der Waals surface area contributed by atoms with Gasteiger partial charge in [0.25, 0.3) is 0 Å². The maximum absolute atomic E-state index is 5.14. The van der Waals surface area contributed by atoms with Crippen molar-refractivity contribution in [3.63, 3.8) is 0 Å². The number of imidazole rings is 3. The number of hydrogen-bond acceptors (Lipinski definition) is 3. The van der Waals surface area contributed by atoms with Gasteiger partial charge in [0.15, 0.2) is 0 Å². The molecule has 0 bridgehead atoms. The molecule has 0 fully saturated rings. The molecule has 6 nitrogen and oxygen atoms in total. The summed E-state index contributed by atoms with van der Waals surface area (Å²) in [6.45, 7) is 0. The van der Waals surface area contributed by atoms with Crippen LogP contribution in [0.15, 0.2) is 158 Å². The molecule has 0 aliphatic heterocycles. The van der Waals surface area contributed by atoms with E-state index >= 15 is 0 Å². The van der Waals surface area contributed by atoms with Crippen LogP contribution in [0.5, 0.6) is 0 Å². The molecule has 0 amide bonds. The van der Waals surface area contributed by atoms with Crippen LogP contribution < -0.4 is 0 Å². The molecular formula is C39H26N6.